The molecule has 1 aliphatic heterocycles. The molecule has 1 unspecified atom stereocenters. The summed E-state index contributed by atoms with van der Waals surface area (Å²) in [5.41, 5.74) is 1.58. The summed E-state index contributed by atoms with van der Waals surface area (Å²) in [6, 6.07) is 9.13. The fraction of sp³-hybridized carbons (Fsp3) is 0.467. The summed E-state index contributed by atoms with van der Waals surface area (Å²) < 4.78 is 0. The SMILES string of the molecule is N#Cc1ccc(CNC(=O)N2CCCC(CO)C2)cc1. The molecule has 1 aromatic rings. The third-order valence-electron chi connectivity index (χ3n) is 3.59. The first kappa shape index (κ1) is 14.4. The van der Waals surface area contributed by atoms with Crippen LogP contribution in [0.1, 0.15) is 24.0 Å². The van der Waals surface area contributed by atoms with E-state index in [4.69, 9.17) is 10.4 Å². The summed E-state index contributed by atoms with van der Waals surface area (Å²) in [5.74, 6) is 0.199. The second-order valence-electron chi connectivity index (χ2n) is 5.10. The Bertz CT molecular complexity index is 493. The highest BCUT2D eigenvalue weighted by Crippen LogP contribution is 2.15. The van der Waals surface area contributed by atoms with Crippen molar-refractivity contribution in [3.05, 3.63) is 35.4 Å². The molecule has 1 aromatic carbocycles. The number of carbonyl (C=O) groups is 1. The third kappa shape index (κ3) is 3.72. The first-order valence-electron chi connectivity index (χ1n) is 6.85. The molecule has 2 N–H and O–H groups in total. The van der Waals surface area contributed by atoms with Crippen LogP contribution in [0.5, 0.6) is 0 Å². The van der Waals surface area contributed by atoms with Gasteiger partial charge in [0.15, 0.2) is 0 Å². The van der Waals surface area contributed by atoms with E-state index in [0.717, 1.165) is 24.9 Å². The minimum absolute atomic E-state index is 0.0903. The number of aliphatic hydroxyl groups is 1. The van der Waals surface area contributed by atoms with E-state index in [0.29, 0.717) is 18.7 Å². The Morgan fingerprint density at radius 2 is 2.20 bits per heavy atom. The van der Waals surface area contributed by atoms with Crippen LogP contribution in [-0.4, -0.2) is 35.7 Å². The minimum atomic E-state index is -0.0903. The molecule has 1 atom stereocenters. The van der Waals surface area contributed by atoms with Crippen LogP contribution in [0.3, 0.4) is 0 Å². The lowest BCUT2D eigenvalue weighted by Crippen LogP contribution is -2.45. The zero-order chi connectivity index (χ0) is 14.4. The minimum Gasteiger partial charge on any atom is -0.396 e. The monoisotopic (exact) mass is 273 g/mol. The lowest BCUT2D eigenvalue weighted by Gasteiger charge is -2.31. The molecule has 1 heterocycles. The fourth-order valence-corrected chi connectivity index (χ4v) is 2.39. The van der Waals surface area contributed by atoms with Crippen LogP contribution in [0.25, 0.3) is 0 Å². The standard InChI is InChI=1S/C15H19N3O2/c16-8-12-3-5-13(6-4-12)9-17-15(20)18-7-1-2-14(10-18)11-19/h3-6,14,19H,1-2,7,9-11H2,(H,17,20). The molecule has 2 rings (SSSR count). The van der Waals surface area contributed by atoms with Crippen LogP contribution in [0.4, 0.5) is 4.79 Å². The zero-order valence-electron chi connectivity index (χ0n) is 11.4. The van der Waals surface area contributed by atoms with Gasteiger partial charge in [-0.3, -0.25) is 0 Å². The molecule has 1 saturated heterocycles. The smallest absolute Gasteiger partial charge is 0.317 e. The molecule has 0 radical (unpaired) electrons. The number of urea groups is 1. The van der Waals surface area contributed by atoms with E-state index in [2.05, 4.69) is 11.4 Å². The molecule has 1 aliphatic rings. The largest absolute Gasteiger partial charge is 0.396 e. The van der Waals surface area contributed by atoms with E-state index < -0.39 is 0 Å². The van der Waals surface area contributed by atoms with Crippen molar-refractivity contribution >= 4 is 6.03 Å². The molecule has 5 nitrogen and oxygen atoms in total. The molecule has 0 aromatic heterocycles. The van der Waals surface area contributed by atoms with Crippen molar-refractivity contribution in [3.8, 4) is 6.07 Å². The Kier molecular flexibility index (Phi) is 4.97. The number of aliphatic hydroxyl groups excluding tert-OH is 1. The first-order valence-corrected chi connectivity index (χ1v) is 6.85. The van der Waals surface area contributed by atoms with E-state index in [1.54, 1.807) is 17.0 Å². The van der Waals surface area contributed by atoms with Gasteiger partial charge in [-0.2, -0.15) is 5.26 Å². The number of nitriles is 1. The topological polar surface area (TPSA) is 76.4 Å². The molecule has 20 heavy (non-hydrogen) atoms. The summed E-state index contributed by atoms with van der Waals surface area (Å²) in [5, 5.41) is 20.8. The number of piperidine rings is 1. The van der Waals surface area contributed by atoms with Crippen molar-refractivity contribution in [2.24, 2.45) is 5.92 Å². The lowest BCUT2D eigenvalue weighted by atomic mass is 9.99. The van der Waals surface area contributed by atoms with E-state index in [1.807, 2.05) is 12.1 Å². The molecule has 1 fully saturated rings. The molecule has 0 bridgehead atoms. The molecule has 0 aliphatic carbocycles. The van der Waals surface area contributed by atoms with Gasteiger partial charge in [0.05, 0.1) is 11.6 Å². The van der Waals surface area contributed by atoms with Crippen LogP contribution in [0.15, 0.2) is 24.3 Å². The molecule has 2 amide bonds. The summed E-state index contributed by atoms with van der Waals surface area (Å²) in [7, 11) is 0. The maximum atomic E-state index is 12.0. The van der Waals surface area contributed by atoms with Gasteiger partial charge in [-0.25, -0.2) is 4.79 Å². The highest BCUT2D eigenvalue weighted by Gasteiger charge is 2.22. The van der Waals surface area contributed by atoms with Crippen LogP contribution < -0.4 is 5.32 Å². The van der Waals surface area contributed by atoms with E-state index in [1.165, 1.54) is 0 Å². The Balaban J connectivity index is 1.83. The maximum absolute atomic E-state index is 12.0. The number of hydrogen-bond acceptors (Lipinski definition) is 3. The zero-order valence-corrected chi connectivity index (χ0v) is 11.4. The summed E-state index contributed by atoms with van der Waals surface area (Å²) in [4.78, 5) is 13.8. The van der Waals surface area contributed by atoms with Crippen molar-refractivity contribution in [1.82, 2.24) is 10.2 Å². The van der Waals surface area contributed by atoms with Crippen LogP contribution >= 0.6 is 0 Å². The van der Waals surface area contributed by atoms with Gasteiger partial charge in [0.2, 0.25) is 0 Å². The number of benzene rings is 1. The van der Waals surface area contributed by atoms with Crippen molar-refractivity contribution < 1.29 is 9.90 Å². The van der Waals surface area contributed by atoms with Gasteiger partial charge >= 0.3 is 6.03 Å². The molecule has 0 spiro atoms. The van der Waals surface area contributed by atoms with Crippen molar-refractivity contribution in [2.75, 3.05) is 19.7 Å². The van der Waals surface area contributed by atoms with Gasteiger partial charge in [0.25, 0.3) is 0 Å². The summed E-state index contributed by atoms with van der Waals surface area (Å²) >= 11 is 0. The second-order valence-corrected chi connectivity index (χ2v) is 5.10. The number of nitrogens with zero attached hydrogens (tertiary/aromatic N) is 2. The number of carbonyl (C=O) groups excluding carboxylic acids is 1. The maximum Gasteiger partial charge on any atom is 0.317 e. The quantitative estimate of drug-likeness (QED) is 0.875. The molecule has 0 saturated carbocycles. The van der Waals surface area contributed by atoms with Gasteiger partial charge in [-0.05, 0) is 36.5 Å². The number of amides is 2. The average molecular weight is 273 g/mol. The molecular weight excluding hydrogens is 254 g/mol. The van der Waals surface area contributed by atoms with E-state index in [9.17, 15) is 4.79 Å². The fourth-order valence-electron chi connectivity index (χ4n) is 2.39. The van der Waals surface area contributed by atoms with Crippen molar-refractivity contribution in [3.63, 3.8) is 0 Å². The Morgan fingerprint density at radius 1 is 1.45 bits per heavy atom. The van der Waals surface area contributed by atoms with Crippen molar-refractivity contribution in [2.45, 2.75) is 19.4 Å². The Labute approximate surface area is 118 Å². The van der Waals surface area contributed by atoms with Gasteiger partial charge in [0.1, 0.15) is 0 Å². The first-order chi connectivity index (χ1) is 9.72. The highest BCUT2D eigenvalue weighted by atomic mass is 16.3. The summed E-state index contributed by atoms with van der Waals surface area (Å²) in [6.45, 7) is 1.95. The second kappa shape index (κ2) is 6.92. The summed E-state index contributed by atoms with van der Waals surface area (Å²) in [6.07, 6.45) is 1.92. The highest BCUT2D eigenvalue weighted by molar-refractivity contribution is 5.74. The van der Waals surface area contributed by atoms with Crippen LogP contribution in [-0.2, 0) is 6.54 Å². The van der Waals surface area contributed by atoms with E-state index in [-0.39, 0.29) is 18.6 Å². The van der Waals surface area contributed by atoms with Gasteiger partial charge in [0, 0.05) is 26.2 Å². The number of hydrogen-bond donors (Lipinski definition) is 2. The lowest BCUT2D eigenvalue weighted by molar-refractivity contribution is 0.129. The predicted molar refractivity (Wildman–Crippen MR) is 74.8 cm³/mol. The number of rotatable bonds is 3. The predicted octanol–water partition coefficient (Wildman–Crippen LogP) is 1.47. The normalized spacial score (nSPS) is 18.4. The van der Waals surface area contributed by atoms with Gasteiger partial charge in [-0.15, -0.1) is 0 Å². The number of nitrogens with one attached hydrogen (secondary N) is 1. The molecular formula is C15H19N3O2. The Hall–Kier alpha value is -2.06. The van der Waals surface area contributed by atoms with Gasteiger partial charge < -0.3 is 15.3 Å². The van der Waals surface area contributed by atoms with Crippen LogP contribution in [0.2, 0.25) is 0 Å². The Morgan fingerprint density at radius 3 is 2.85 bits per heavy atom. The van der Waals surface area contributed by atoms with Gasteiger partial charge in [-0.1, -0.05) is 12.1 Å². The van der Waals surface area contributed by atoms with Crippen LogP contribution in [0, 0.1) is 17.2 Å². The number of likely N-dealkylation sites (tertiary alicyclic amines) is 1. The molecule has 5 heteroatoms. The van der Waals surface area contributed by atoms with E-state index >= 15 is 0 Å². The third-order valence-corrected chi connectivity index (χ3v) is 3.59. The average Bonchev–Trinajstić information content (AvgIpc) is 2.53. The molecule has 106 valence electrons. The van der Waals surface area contributed by atoms with Crippen molar-refractivity contribution in [1.29, 1.82) is 5.26 Å².